The Morgan fingerprint density at radius 2 is 1.88 bits per heavy atom. The van der Waals surface area contributed by atoms with Gasteiger partial charge in [0.25, 0.3) is 5.69 Å². The Morgan fingerprint density at radius 3 is 2.50 bits per heavy atom. The van der Waals surface area contributed by atoms with Gasteiger partial charge in [0.15, 0.2) is 5.13 Å². The van der Waals surface area contributed by atoms with E-state index >= 15 is 0 Å². The van der Waals surface area contributed by atoms with Crippen LogP contribution in [0.4, 0.5) is 10.8 Å². The third kappa shape index (κ3) is 4.22. The number of benzene rings is 2. The van der Waals surface area contributed by atoms with Crippen molar-refractivity contribution in [3.8, 4) is 17.0 Å². The Hall–Kier alpha value is -3.26. The van der Waals surface area contributed by atoms with Crippen LogP contribution in [0.1, 0.15) is 5.56 Å². The summed E-state index contributed by atoms with van der Waals surface area (Å²) in [6.45, 7) is 0. The number of nitrogens with zero attached hydrogens (tertiary/aromatic N) is 2. The standard InChI is InChI=1S/C18H15N3O4S/c1-25-15-8-4-13(5-9-15)16-11-26-18(19-16)20-17(22)10-12-2-6-14(7-3-12)21(23)24/h2-9,11H,10H2,1H3,(H,19,20,22). The predicted octanol–water partition coefficient (Wildman–Crippen LogP) is 3.91. The summed E-state index contributed by atoms with van der Waals surface area (Å²) in [6, 6.07) is 13.4. The number of rotatable bonds is 6. The molecule has 0 spiro atoms. The third-order valence-electron chi connectivity index (χ3n) is 3.65. The fraction of sp³-hybridized carbons (Fsp3) is 0.111. The Morgan fingerprint density at radius 1 is 1.19 bits per heavy atom. The van der Waals surface area contributed by atoms with Gasteiger partial charge in [-0.25, -0.2) is 4.98 Å². The van der Waals surface area contributed by atoms with Crippen molar-refractivity contribution in [2.45, 2.75) is 6.42 Å². The Bertz CT molecular complexity index is 920. The molecule has 132 valence electrons. The number of amides is 1. The van der Waals surface area contributed by atoms with Crippen LogP contribution in [-0.4, -0.2) is 22.9 Å². The van der Waals surface area contributed by atoms with Crippen molar-refractivity contribution in [1.29, 1.82) is 0 Å². The molecule has 1 amide bonds. The molecule has 0 aliphatic rings. The maximum absolute atomic E-state index is 12.1. The normalized spacial score (nSPS) is 10.3. The van der Waals surface area contributed by atoms with E-state index in [-0.39, 0.29) is 18.0 Å². The second kappa shape index (κ2) is 7.75. The van der Waals surface area contributed by atoms with Gasteiger partial charge in [0.05, 0.1) is 24.1 Å². The van der Waals surface area contributed by atoms with Gasteiger partial charge in [0.1, 0.15) is 5.75 Å². The molecule has 1 aromatic heterocycles. The number of nitro benzene ring substituents is 1. The highest BCUT2D eigenvalue weighted by molar-refractivity contribution is 7.14. The summed E-state index contributed by atoms with van der Waals surface area (Å²) in [5.41, 5.74) is 2.39. The van der Waals surface area contributed by atoms with Crippen LogP contribution in [0, 0.1) is 10.1 Å². The van der Waals surface area contributed by atoms with Crippen LogP contribution >= 0.6 is 11.3 Å². The van der Waals surface area contributed by atoms with E-state index in [0.717, 1.165) is 17.0 Å². The molecular weight excluding hydrogens is 354 g/mol. The third-order valence-corrected chi connectivity index (χ3v) is 4.41. The number of aromatic nitrogens is 1. The van der Waals surface area contributed by atoms with Gasteiger partial charge in [-0.15, -0.1) is 11.3 Å². The number of nitro groups is 1. The first-order chi connectivity index (χ1) is 12.5. The van der Waals surface area contributed by atoms with E-state index in [0.29, 0.717) is 10.7 Å². The lowest BCUT2D eigenvalue weighted by atomic mass is 10.1. The highest BCUT2D eigenvalue weighted by Gasteiger charge is 2.10. The van der Waals surface area contributed by atoms with Gasteiger partial charge >= 0.3 is 0 Å². The highest BCUT2D eigenvalue weighted by atomic mass is 32.1. The molecule has 1 N–H and O–H groups in total. The van der Waals surface area contributed by atoms with Crippen molar-refractivity contribution in [3.63, 3.8) is 0 Å². The van der Waals surface area contributed by atoms with Gasteiger partial charge < -0.3 is 10.1 Å². The summed E-state index contributed by atoms with van der Waals surface area (Å²) in [5, 5.41) is 15.8. The van der Waals surface area contributed by atoms with E-state index < -0.39 is 4.92 Å². The Labute approximate surface area is 153 Å². The minimum absolute atomic E-state index is 0.00165. The first-order valence-electron chi connectivity index (χ1n) is 7.68. The van der Waals surface area contributed by atoms with Crippen molar-refractivity contribution < 1.29 is 14.5 Å². The predicted molar refractivity (Wildman–Crippen MR) is 99.5 cm³/mol. The van der Waals surface area contributed by atoms with Crippen molar-refractivity contribution in [3.05, 3.63) is 69.6 Å². The molecule has 0 saturated heterocycles. The SMILES string of the molecule is COc1ccc(-c2csc(NC(=O)Cc3ccc([N+](=O)[O-])cc3)n2)cc1. The molecule has 1 heterocycles. The number of hydrogen-bond donors (Lipinski definition) is 1. The second-order valence-electron chi connectivity index (χ2n) is 5.41. The molecule has 8 heteroatoms. The summed E-state index contributed by atoms with van der Waals surface area (Å²) in [6.07, 6.45) is 0.120. The summed E-state index contributed by atoms with van der Waals surface area (Å²) >= 11 is 1.34. The van der Waals surface area contributed by atoms with Crippen LogP contribution in [0.25, 0.3) is 11.3 Å². The van der Waals surface area contributed by atoms with E-state index in [1.165, 1.54) is 23.5 Å². The molecule has 7 nitrogen and oxygen atoms in total. The number of hydrogen-bond acceptors (Lipinski definition) is 6. The van der Waals surface area contributed by atoms with Crippen LogP contribution in [0.2, 0.25) is 0 Å². The zero-order valence-electron chi connectivity index (χ0n) is 13.8. The maximum atomic E-state index is 12.1. The average Bonchev–Trinajstić information content (AvgIpc) is 3.10. The fourth-order valence-corrected chi connectivity index (χ4v) is 3.05. The molecule has 3 rings (SSSR count). The molecular formula is C18H15N3O4S. The summed E-state index contributed by atoms with van der Waals surface area (Å²) in [4.78, 5) is 26.7. The molecule has 0 saturated carbocycles. The summed E-state index contributed by atoms with van der Waals surface area (Å²) in [7, 11) is 1.61. The minimum atomic E-state index is -0.472. The van der Waals surface area contributed by atoms with Crippen LogP contribution in [0.5, 0.6) is 5.75 Å². The first-order valence-corrected chi connectivity index (χ1v) is 8.56. The van der Waals surface area contributed by atoms with Crippen molar-refractivity contribution >= 4 is 28.1 Å². The zero-order chi connectivity index (χ0) is 18.5. The smallest absolute Gasteiger partial charge is 0.269 e. The molecule has 0 fully saturated rings. The molecule has 0 atom stereocenters. The lowest BCUT2D eigenvalue weighted by Crippen LogP contribution is -2.14. The number of non-ortho nitro benzene ring substituents is 1. The molecule has 0 bridgehead atoms. The molecule has 0 unspecified atom stereocenters. The number of thiazole rings is 1. The van der Waals surface area contributed by atoms with Crippen molar-refractivity contribution in [2.24, 2.45) is 0 Å². The fourth-order valence-electron chi connectivity index (χ4n) is 2.31. The van der Waals surface area contributed by atoms with Gasteiger partial charge in [-0.3, -0.25) is 14.9 Å². The molecule has 26 heavy (non-hydrogen) atoms. The number of nitrogens with one attached hydrogen (secondary N) is 1. The van der Waals surface area contributed by atoms with Crippen molar-refractivity contribution in [2.75, 3.05) is 12.4 Å². The van der Waals surface area contributed by atoms with Gasteiger partial charge in [-0.05, 0) is 29.8 Å². The number of anilines is 1. The number of carbonyl (C=O) groups is 1. The van der Waals surface area contributed by atoms with Gasteiger partial charge in [-0.2, -0.15) is 0 Å². The van der Waals surface area contributed by atoms with Crippen molar-refractivity contribution in [1.82, 2.24) is 4.98 Å². The van der Waals surface area contributed by atoms with E-state index in [1.54, 1.807) is 19.2 Å². The quantitative estimate of drug-likeness (QED) is 0.525. The van der Waals surface area contributed by atoms with Crippen LogP contribution < -0.4 is 10.1 Å². The van der Waals surface area contributed by atoms with Crippen LogP contribution in [0.3, 0.4) is 0 Å². The molecule has 0 aliphatic heterocycles. The van der Waals surface area contributed by atoms with Gasteiger partial charge in [-0.1, -0.05) is 12.1 Å². The lowest BCUT2D eigenvalue weighted by Gasteiger charge is -2.02. The second-order valence-corrected chi connectivity index (χ2v) is 6.27. The maximum Gasteiger partial charge on any atom is 0.269 e. The molecule has 3 aromatic rings. The number of carbonyl (C=O) groups excluding carboxylic acids is 1. The monoisotopic (exact) mass is 369 g/mol. The highest BCUT2D eigenvalue weighted by Crippen LogP contribution is 2.26. The molecule has 0 aliphatic carbocycles. The van der Waals surface area contributed by atoms with E-state index in [2.05, 4.69) is 10.3 Å². The minimum Gasteiger partial charge on any atom is -0.497 e. The molecule has 0 radical (unpaired) electrons. The van der Waals surface area contributed by atoms with Gasteiger partial charge in [0.2, 0.25) is 5.91 Å². The first kappa shape index (κ1) is 17.6. The average molecular weight is 369 g/mol. The topological polar surface area (TPSA) is 94.4 Å². The van der Waals surface area contributed by atoms with Crippen LogP contribution in [0.15, 0.2) is 53.9 Å². The van der Waals surface area contributed by atoms with E-state index in [9.17, 15) is 14.9 Å². The van der Waals surface area contributed by atoms with Gasteiger partial charge in [0, 0.05) is 23.1 Å². The zero-order valence-corrected chi connectivity index (χ0v) is 14.7. The Balaban J connectivity index is 1.62. The number of methoxy groups -OCH3 is 1. The summed E-state index contributed by atoms with van der Waals surface area (Å²) in [5.74, 6) is 0.537. The summed E-state index contributed by atoms with van der Waals surface area (Å²) < 4.78 is 5.13. The largest absolute Gasteiger partial charge is 0.497 e. The van der Waals surface area contributed by atoms with E-state index in [4.69, 9.17) is 4.74 Å². The number of ether oxygens (including phenoxy) is 1. The lowest BCUT2D eigenvalue weighted by molar-refractivity contribution is -0.384. The van der Waals surface area contributed by atoms with E-state index in [1.807, 2.05) is 29.6 Å². The molecule has 2 aromatic carbocycles. The Kier molecular flexibility index (Phi) is 5.23. The van der Waals surface area contributed by atoms with Crippen LogP contribution in [-0.2, 0) is 11.2 Å².